The molecule has 0 amide bonds. The molecule has 8 heteroatoms. The Morgan fingerprint density at radius 3 is 2.30 bits per heavy atom. The molecule has 2 saturated heterocycles. The van der Waals surface area contributed by atoms with Crippen LogP contribution in [0.4, 0.5) is 8.78 Å². The first kappa shape index (κ1) is 22.9. The second kappa shape index (κ2) is 8.73. The normalized spacial score (nSPS) is 32.7. The maximum Gasteiger partial charge on any atom is 0.181 e. The minimum absolute atomic E-state index is 0.102. The molecular formula is C25H30F2N2O3S. The van der Waals surface area contributed by atoms with Crippen LogP contribution >= 0.6 is 0 Å². The summed E-state index contributed by atoms with van der Waals surface area (Å²) in [6.07, 6.45) is 1.32. The summed E-state index contributed by atoms with van der Waals surface area (Å²) >= 11 is 0. The highest BCUT2D eigenvalue weighted by atomic mass is 32.2. The number of fused-ring (bicyclic) bond motifs is 1. The molecule has 3 aliphatic rings. The highest BCUT2D eigenvalue weighted by Gasteiger charge is 2.48. The molecular weight excluding hydrogens is 446 g/mol. The van der Waals surface area contributed by atoms with E-state index in [1.807, 2.05) is 19.1 Å². The Kier molecular flexibility index (Phi) is 6.05. The van der Waals surface area contributed by atoms with E-state index in [0.29, 0.717) is 42.6 Å². The van der Waals surface area contributed by atoms with Gasteiger partial charge in [0.25, 0.3) is 0 Å². The summed E-state index contributed by atoms with van der Waals surface area (Å²) in [7, 11) is -3.32. The molecule has 0 bridgehead atoms. The zero-order chi connectivity index (χ0) is 23.3. The van der Waals surface area contributed by atoms with Crippen LogP contribution in [0.5, 0.6) is 0 Å². The molecule has 1 saturated carbocycles. The Bertz CT molecular complexity index is 1110. The molecule has 5 atom stereocenters. The summed E-state index contributed by atoms with van der Waals surface area (Å²) < 4.78 is 60.0. The van der Waals surface area contributed by atoms with Crippen LogP contribution in [-0.2, 0) is 14.6 Å². The van der Waals surface area contributed by atoms with Gasteiger partial charge in [-0.1, -0.05) is 17.7 Å². The number of aryl methyl sites for hydroxylation is 1. The standard InChI is InChI=1S/C25H30F2N2O3S/c1-15-2-5-20(6-3-15)33(30,31)21-8-16-12-29(13-17(16)9-21)19-11-24(28)25(32-14-19)22-10-18(26)4-7-23(22)27/h2-7,10,16-17,19,21,24-25H,8-9,11-14,28H2,1H3/t16?,17?,19-,21?,24+,25-/m1/s1. The molecule has 3 fully saturated rings. The largest absolute Gasteiger partial charge is 0.370 e. The van der Waals surface area contributed by atoms with E-state index in [1.165, 1.54) is 0 Å². The zero-order valence-corrected chi connectivity index (χ0v) is 19.5. The van der Waals surface area contributed by atoms with Crippen molar-refractivity contribution in [3.63, 3.8) is 0 Å². The van der Waals surface area contributed by atoms with Gasteiger partial charge in [-0.15, -0.1) is 0 Å². The summed E-state index contributed by atoms with van der Waals surface area (Å²) in [6.45, 7) is 4.00. The van der Waals surface area contributed by atoms with Gasteiger partial charge in [0.15, 0.2) is 9.84 Å². The van der Waals surface area contributed by atoms with Crippen LogP contribution in [0.15, 0.2) is 47.4 Å². The number of hydrogen-bond donors (Lipinski definition) is 1. The zero-order valence-electron chi connectivity index (χ0n) is 18.7. The molecule has 2 N–H and O–H groups in total. The summed E-state index contributed by atoms with van der Waals surface area (Å²) in [5.41, 5.74) is 7.55. The van der Waals surface area contributed by atoms with Crippen LogP contribution in [0.25, 0.3) is 0 Å². The Morgan fingerprint density at radius 2 is 1.67 bits per heavy atom. The van der Waals surface area contributed by atoms with Crippen LogP contribution in [0.2, 0.25) is 0 Å². The summed E-state index contributed by atoms with van der Waals surface area (Å²) in [4.78, 5) is 2.76. The molecule has 0 radical (unpaired) electrons. The number of hydrogen-bond acceptors (Lipinski definition) is 5. The maximum atomic E-state index is 14.2. The fraction of sp³-hybridized carbons (Fsp3) is 0.520. The predicted molar refractivity (Wildman–Crippen MR) is 121 cm³/mol. The topological polar surface area (TPSA) is 72.6 Å². The van der Waals surface area contributed by atoms with Gasteiger partial charge in [0, 0.05) is 30.7 Å². The van der Waals surface area contributed by atoms with Gasteiger partial charge < -0.3 is 10.5 Å². The number of benzene rings is 2. The summed E-state index contributed by atoms with van der Waals surface area (Å²) in [5.74, 6) is -0.340. The van der Waals surface area contributed by atoms with Gasteiger partial charge in [-0.05, 0) is 68.4 Å². The first-order valence-corrected chi connectivity index (χ1v) is 13.1. The highest BCUT2D eigenvalue weighted by Crippen LogP contribution is 2.44. The quantitative estimate of drug-likeness (QED) is 0.730. The highest BCUT2D eigenvalue weighted by molar-refractivity contribution is 7.92. The van der Waals surface area contributed by atoms with E-state index in [4.69, 9.17) is 10.5 Å². The average Bonchev–Trinajstić information content (AvgIpc) is 3.36. The van der Waals surface area contributed by atoms with Crippen molar-refractivity contribution in [2.45, 2.75) is 54.5 Å². The van der Waals surface area contributed by atoms with Crippen molar-refractivity contribution in [3.05, 3.63) is 65.2 Å². The van der Waals surface area contributed by atoms with Crippen molar-refractivity contribution in [2.75, 3.05) is 19.7 Å². The number of nitrogens with zero attached hydrogens (tertiary/aromatic N) is 1. The SMILES string of the molecule is Cc1ccc(S(=O)(=O)C2CC3CN([C@H]4CO[C@H](c5cc(F)ccc5F)[C@@H](N)C4)CC3C2)cc1. The third-order valence-electron chi connectivity index (χ3n) is 7.71. The lowest BCUT2D eigenvalue weighted by Crippen LogP contribution is -2.49. The molecule has 178 valence electrons. The van der Waals surface area contributed by atoms with Crippen molar-refractivity contribution in [1.82, 2.24) is 4.90 Å². The van der Waals surface area contributed by atoms with Gasteiger partial charge in [-0.25, -0.2) is 17.2 Å². The van der Waals surface area contributed by atoms with Gasteiger partial charge in [0.1, 0.15) is 17.7 Å². The number of rotatable bonds is 4. The van der Waals surface area contributed by atoms with Gasteiger partial charge in [0.05, 0.1) is 16.8 Å². The lowest BCUT2D eigenvalue weighted by Gasteiger charge is -2.39. The minimum atomic E-state index is -3.32. The number of halogens is 2. The van der Waals surface area contributed by atoms with E-state index in [-0.39, 0.29) is 16.9 Å². The Balaban J connectivity index is 1.20. The first-order valence-electron chi connectivity index (χ1n) is 11.6. The number of sulfone groups is 1. The van der Waals surface area contributed by atoms with E-state index in [0.717, 1.165) is 36.9 Å². The van der Waals surface area contributed by atoms with Crippen molar-refractivity contribution in [1.29, 1.82) is 0 Å². The van der Waals surface area contributed by atoms with Crippen molar-refractivity contribution in [3.8, 4) is 0 Å². The molecule has 0 spiro atoms. The lowest BCUT2D eigenvalue weighted by atomic mass is 9.93. The predicted octanol–water partition coefficient (Wildman–Crippen LogP) is 3.61. The summed E-state index contributed by atoms with van der Waals surface area (Å²) in [6, 6.07) is 10.1. The van der Waals surface area contributed by atoms with Gasteiger partial charge in [0.2, 0.25) is 0 Å². The number of ether oxygens (including phenoxy) is 1. The number of likely N-dealkylation sites (tertiary alicyclic amines) is 1. The molecule has 2 unspecified atom stereocenters. The molecule has 0 aromatic heterocycles. The van der Waals surface area contributed by atoms with Crippen LogP contribution < -0.4 is 5.73 Å². The van der Waals surface area contributed by atoms with Crippen LogP contribution in [0.1, 0.15) is 36.5 Å². The fourth-order valence-electron chi connectivity index (χ4n) is 5.90. The Morgan fingerprint density at radius 1 is 1.00 bits per heavy atom. The van der Waals surface area contributed by atoms with E-state index >= 15 is 0 Å². The van der Waals surface area contributed by atoms with Crippen LogP contribution in [-0.4, -0.2) is 50.3 Å². The monoisotopic (exact) mass is 476 g/mol. The minimum Gasteiger partial charge on any atom is -0.370 e. The Labute approximate surface area is 193 Å². The van der Waals surface area contributed by atoms with E-state index in [9.17, 15) is 17.2 Å². The third-order valence-corrected chi connectivity index (χ3v) is 9.90. The molecule has 1 aliphatic carbocycles. The van der Waals surface area contributed by atoms with E-state index in [1.54, 1.807) is 12.1 Å². The van der Waals surface area contributed by atoms with E-state index in [2.05, 4.69) is 4.90 Å². The molecule has 5 rings (SSSR count). The third kappa shape index (κ3) is 4.34. The first-order chi connectivity index (χ1) is 15.7. The van der Waals surface area contributed by atoms with Gasteiger partial charge in [-0.2, -0.15) is 0 Å². The maximum absolute atomic E-state index is 14.2. The van der Waals surface area contributed by atoms with Gasteiger partial charge in [-0.3, -0.25) is 4.90 Å². The second-order valence-corrected chi connectivity index (χ2v) is 12.1. The summed E-state index contributed by atoms with van der Waals surface area (Å²) in [5, 5.41) is -0.331. The van der Waals surface area contributed by atoms with Gasteiger partial charge >= 0.3 is 0 Å². The lowest BCUT2D eigenvalue weighted by molar-refractivity contribution is -0.0484. The van der Waals surface area contributed by atoms with Crippen molar-refractivity contribution < 1.29 is 21.9 Å². The fourth-order valence-corrected chi connectivity index (χ4v) is 7.81. The molecule has 2 aliphatic heterocycles. The molecule has 2 aromatic carbocycles. The Hall–Kier alpha value is -1.87. The van der Waals surface area contributed by atoms with Crippen LogP contribution in [0, 0.1) is 30.4 Å². The molecule has 2 aromatic rings. The average molecular weight is 477 g/mol. The molecule has 5 nitrogen and oxygen atoms in total. The smallest absolute Gasteiger partial charge is 0.181 e. The number of nitrogens with two attached hydrogens (primary N) is 1. The molecule has 33 heavy (non-hydrogen) atoms. The van der Waals surface area contributed by atoms with Crippen molar-refractivity contribution in [2.24, 2.45) is 17.6 Å². The molecule has 2 heterocycles. The van der Waals surface area contributed by atoms with Crippen LogP contribution in [0.3, 0.4) is 0 Å². The van der Waals surface area contributed by atoms with Crippen molar-refractivity contribution >= 4 is 9.84 Å². The second-order valence-electron chi connectivity index (χ2n) is 9.90. The van der Waals surface area contributed by atoms with E-state index < -0.39 is 33.6 Å².